The SMILES string of the molecule is C[Si](C)(C)[Si](C)(C)[Si](C)(C)[Si](C)(C)[Si](C)(C)[Si](C)(C)[Si](C)(C)[Si](C)(C)[Si](C)(C)[Si](C)(C)CCCOC(=O)Cc1ccc2ccccc2c1. The zero-order valence-electron chi connectivity index (χ0n) is 35.7. The lowest BCUT2D eigenvalue weighted by Gasteiger charge is -2.67. The van der Waals surface area contributed by atoms with E-state index >= 15 is 0 Å². The van der Waals surface area contributed by atoms with Crippen LogP contribution in [0.15, 0.2) is 42.5 Å². The van der Waals surface area contributed by atoms with Crippen LogP contribution >= 0.6 is 0 Å². The number of rotatable bonds is 15. The molecule has 0 aliphatic rings. The Balaban J connectivity index is 2.27. The van der Waals surface area contributed by atoms with Crippen LogP contribution in [0.3, 0.4) is 0 Å². The maximum absolute atomic E-state index is 12.9. The van der Waals surface area contributed by atoms with Gasteiger partial charge in [-0.05, 0) is 22.8 Å². The molecule has 2 rings (SSSR count). The quantitative estimate of drug-likeness (QED) is 0.102. The van der Waals surface area contributed by atoms with E-state index in [0.29, 0.717) is 13.0 Å². The van der Waals surface area contributed by atoms with Gasteiger partial charge in [0.1, 0.15) is 0 Å². The number of carbonyl (C=O) groups excluding carboxylic acids is 1. The van der Waals surface area contributed by atoms with Crippen molar-refractivity contribution in [2.24, 2.45) is 0 Å². The molecule has 0 amide bonds. The molecule has 0 heterocycles. The molecule has 0 N–H and O–H groups in total. The van der Waals surface area contributed by atoms with Gasteiger partial charge < -0.3 is 4.74 Å². The zero-order chi connectivity index (χ0) is 37.8. The number of benzene rings is 2. The highest BCUT2D eigenvalue weighted by Crippen LogP contribution is 2.48. The van der Waals surface area contributed by atoms with Crippen LogP contribution in [0.4, 0.5) is 0 Å². The van der Waals surface area contributed by atoms with Crippen LogP contribution in [0.2, 0.25) is 144 Å². The summed E-state index contributed by atoms with van der Waals surface area (Å²) < 4.78 is 5.88. The van der Waals surface area contributed by atoms with Crippen molar-refractivity contribution in [3.05, 3.63) is 48.0 Å². The first kappa shape index (κ1) is 44.5. The second-order valence-corrected chi connectivity index (χ2v) is 137. The van der Waals surface area contributed by atoms with Gasteiger partial charge in [0.15, 0.2) is 0 Å². The topological polar surface area (TPSA) is 26.3 Å². The van der Waals surface area contributed by atoms with Crippen molar-refractivity contribution < 1.29 is 9.53 Å². The molecule has 0 bridgehead atoms. The van der Waals surface area contributed by atoms with Gasteiger partial charge in [0, 0.05) is 72.1 Å². The van der Waals surface area contributed by atoms with Crippen LogP contribution in [-0.2, 0) is 16.0 Å². The Morgan fingerprint density at radius 2 is 0.896 bits per heavy atom. The summed E-state index contributed by atoms with van der Waals surface area (Å²) in [6.45, 7) is 61.0. The fraction of sp³-hybridized carbons (Fsp3) is 0.694. The first-order chi connectivity index (χ1) is 21.2. The fourth-order valence-electron chi connectivity index (χ4n) is 9.05. The highest BCUT2D eigenvalue weighted by molar-refractivity contribution is 8.07. The fourth-order valence-corrected chi connectivity index (χ4v) is 323. The molecule has 274 valence electrons. The van der Waals surface area contributed by atoms with Crippen molar-refractivity contribution in [2.45, 2.75) is 156 Å². The van der Waals surface area contributed by atoms with E-state index in [4.69, 9.17) is 4.74 Å². The standard InChI is InChI=1S/C36H78O2Si10/c1-39(2,3)41(6,7)43(10,11)45(14,15)47(18,19)48(20,21)46(16,17)44(12,13)42(8,9)40(4,5)30-24-29-38-36(37)32-33-27-28-34-25-22-23-26-35(34)31-33/h22-23,25-28,31H,24,29-30,32H2,1-21H3. The molecule has 0 fully saturated rings. The highest BCUT2D eigenvalue weighted by atomic mass is 30.1. The highest BCUT2D eigenvalue weighted by Gasteiger charge is 2.71. The van der Waals surface area contributed by atoms with Crippen LogP contribution in [0, 0.1) is 0 Å². The van der Waals surface area contributed by atoms with Crippen molar-refractivity contribution in [1.82, 2.24) is 0 Å². The molecule has 0 unspecified atom stereocenters. The summed E-state index contributed by atoms with van der Waals surface area (Å²) in [6, 6.07) is 16.0. The molecule has 2 aromatic carbocycles. The lowest BCUT2D eigenvalue weighted by molar-refractivity contribution is -0.142. The van der Waals surface area contributed by atoms with Crippen molar-refractivity contribution in [1.29, 1.82) is 0 Å². The summed E-state index contributed by atoms with van der Waals surface area (Å²) in [5, 5.41) is 2.40. The van der Waals surface area contributed by atoms with Gasteiger partial charge >= 0.3 is 5.97 Å². The lowest BCUT2D eigenvalue weighted by Crippen LogP contribution is -2.94. The Labute approximate surface area is 307 Å². The maximum atomic E-state index is 12.9. The molecule has 0 atom stereocenters. The average Bonchev–Trinajstić information content (AvgIpc) is 2.93. The Bertz CT molecular complexity index is 1450. The molecule has 0 saturated heterocycles. The zero-order valence-corrected chi connectivity index (χ0v) is 45.7. The minimum absolute atomic E-state index is 0.0805. The third-order valence-electron chi connectivity index (χ3n) is 17.9. The summed E-state index contributed by atoms with van der Waals surface area (Å²) in [4.78, 5) is 12.9. The third-order valence-corrected chi connectivity index (χ3v) is 244. The Morgan fingerprint density at radius 3 is 1.33 bits per heavy atom. The van der Waals surface area contributed by atoms with E-state index in [1.807, 2.05) is 0 Å². The predicted molar refractivity (Wildman–Crippen MR) is 249 cm³/mol. The minimum atomic E-state index is -1.53. The van der Waals surface area contributed by atoms with Gasteiger partial charge in [-0.3, -0.25) is 4.79 Å². The van der Waals surface area contributed by atoms with Crippen LogP contribution in [0.5, 0.6) is 0 Å². The van der Waals surface area contributed by atoms with Gasteiger partial charge in [0.2, 0.25) is 0 Å². The molecule has 0 saturated carbocycles. The van der Waals surface area contributed by atoms with Gasteiger partial charge in [-0.1, -0.05) is 186 Å². The predicted octanol–water partition coefficient (Wildman–Crippen LogP) is 11.7. The van der Waals surface area contributed by atoms with Gasteiger partial charge in [-0.15, -0.1) is 0 Å². The summed E-state index contributed by atoms with van der Waals surface area (Å²) >= 11 is 0. The van der Waals surface area contributed by atoms with Gasteiger partial charge in [0.05, 0.1) is 13.0 Å². The molecule has 0 spiro atoms. The van der Waals surface area contributed by atoms with Gasteiger partial charge in [0.25, 0.3) is 0 Å². The monoisotopic (exact) mass is 822 g/mol. The number of esters is 1. The van der Waals surface area contributed by atoms with E-state index in [1.165, 1.54) is 16.8 Å². The van der Waals surface area contributed by atoms with Crippen LogP contribution in [0.25, 0.3) is 10.8 Å². The molecule has 0 aromatic heterocycles. The van der Waals surface area contributed by atoms with Crippen LogP contribution in [0.1, 0.15) is 12.0 Å². The summed E-state index contributed by atoms with van der Waals surface area (Å²) in [5.74, 6) is -0.0805. The van der Waals surface area contributed by atoms with Crippen molar-refractivity contribution in [2.75, 3.05) is 6.61 Å². The van der Waals surface area contributed by atoms with Gasteiger partial charge in [-0.2, -0.15) is 0 Å². The van der Waals surface area contributed by atoms with E-state index in [1.54, 1.807) is 0 Å². The van der Waals surface area contributed by atoms with E-state index in [-0.39, 0.29) is 5.97 Å². The van der Waals surface area contributed by atoms with Gasteiger partial charge in [-0.25, -0.2) is 0 Å². The molecule has 12 heteroatoms. The minimum Gasteiger partial charge on any atom is -0.465 e. The number of fused-ring (bicyclic) bond motifs is 1. The summed E-state index contributed by atoms with van der Waals surface area (Å²) in [5.41, 5.74) is 1.05. The molecule has 0 radical (unpaired) electrons. The number of carbonyl (C=O) groups is 1. The molecular formula is C36H78O2Si10. The normalized spacial score (nSPS) is 15.2. The number of ether oxygens (including phenoxy) is 1. The van der Waals surface area contributed by atoms with E-state index in [2.05, 4.69) is 180 Å². The molecule has 48 heavy (non-hydrogen) atoms. The molecule has 2 aromatic rings. The number of hydrogen-bond acceptors (Lipinski definition) is 2. The lowest BCUT2D eigenvalue weighted by atomic mass is 10.1. The van der Waals surface area contributed by atoms with E-state index < -0.39 is 72.1 Å². The largest absolute Gasteiger partial charge is 0.465 e. The van der Waals surface area contributed by atoms with E-state index in [9.17, 15) is 4.79 Å². The molecular weight excluding hydrogens is 745 g/mol. The van der Waals surface area contributed by atoms with Crippen LogP contribution < -0.4 is 0 Å². The Hall–Kier alpha value is 0.339. The molecule has 0 aliphatic carbocycles. The van der Waals surface area contributed by atoms with E-state index in [0.717, 1.165) is 12.0 Å². The Morgan fingerprint density at radius 1 is 0.500 bits per heavy atom. The van der Waals surface area contributed by atoms with Crippen molar-refractivity contribution >= 4 is 88.8 Å². The smallest absolute Gasteiger partial charge is 0.310 e. The first-order valence-corrected chi connectivity index (χ1v) is 58.5. The summed E-state index contributed by atoms with van der Waals surface area (Å²) in [7, 11) is -14.4. The number of hydrogen-bond donors (Lipinski definition) is 0. The molecule has 0 aliphatic heterocycles. The van der Waals surface area contributed by atoms with Crippen molar-refractivity contribution in [3.63, 3.8) is 0 Å². The summed E-state index contributed by atoms with van der Waals surface area (Å²) in [6.07, 6.45) is 1.39. The van der Waals surface area contributed by atoms with Crippen molar-refractivity contribution in [3.8, 4) is 0 Å². The van der Waals surface area contributed by atoms with Crippen LogP contribution in [-0.4, -0.2) is 84.6 Å². The second-order valence-electron chi connectivity index (χ2n) is 21.3. The average molecular weight is 824 g/mol. The maximum Gasteiger partial charge on any atom is 0.310 e. The first-order valence-electron chi connectivity index (χ1n) is 18.8. The Kier molecular flexibility index (Phi) is 13.2. The molecule has 2 nitrogen and oxygen atoms in total. The second kappa shape index (κ2) is 14.3. The third kappa shape index (κ3) is 7.42.